The molecule has 0 radical (unpaired) electrons. The number of carbonyl (C=O) groups excluding carboxylic acids is 1. The largest absolute Gasteiger partial charge is 0.375 e. The van der Waals surface area contributed by atoms with Crippen LogP contribution in [0.1, 0.15) is 30.9 Å². The van der Waals surface area contributed by atoms with Gasteiger partial charge in [0.1, 0.15) is 0 Å². The second-order valence-corrected chi connectivity index (χ2v) is 7.65. The minimum absolute atomic E-state index is 0.00904. The maximum absolute atomic E-state index is 12.5. The fraction of sp³-hybridized carbons (Fsp3) is 0.500. The first-order chi connectivity index (χ1) is 13.2. The molecule has 4 rings (SSSR count). The van der Waals surface area contributed by atoms with Crippen LogP contribution in [0.4, 0.5) is 0 Å². The van der Waals surface area contributed by atoms with Crippen LogP contribution in [0.15, 0.2) is 30.3 Å². The van der Waals surface area contributed by atoms with E-state index in [2.05, 4.69) is 21.6 Å². The third kappa shape index (κ3) is 4.34. The SMILES string of the molecule is O=C(C[C@H]1CNCCO1)N1CCC(c2cc(-c3ccccc3Cl)n[nH]2)CC1. The minimum Gasteiger partial charge on any atom is -0.375 e. The molecule has 2 aromatic rings. The molecule has 3 heterocycles. The van der Waals surface area contributed by atoms with E-state index in [9.17, 15) is 4.79 Å². The maximum atomic E-state index is 12.5. The Kier molecular flexibility index (Phi) is 5.76. The first-order valence-electron chi connectivity index (χ1n) is 9.61. The number of hydrogen-bond acceptors (Lipinski definition) is 4. The summed E-state index contributed by atoms with van der Waals surface area (Å²) in [6, 6.07) is 9.82. The van der Waals surface area contributed by atoms with E-state index in [1.165, 1.54) is 0 Å². The number of nitrogens with one attached hydrogen (secondary N) is 2. The summed E-state index contributed by atoms with van der Waals surface area (Å²) in [6.07, 6.45) is 2.37. The van der Waals surface area contributed by atoms with Crippen LogP contribution in [0, 0.1) is 0 Å². The minimum atomic E-state index is 0.00904. The van der Waals surface area contributed by atoms with Gasteiger partial charge in [-0.3, -0.25) is 9.89 Å². The molecule has 2 fully saturated rings. The number of halogens is 1. The molecule has 0 bridgehead atoms. The van der Waals surface area contributed by atoms with Crippen LogP contribution in [-0.4, -0.2) is 59.9 Å². The summed E-state index contributed by atoms with van der Waals surface area (Å²) < 4.78 is 5.65. The monoisotopic (exact) mass is 388 g/mol. The lowest BCUT2D eigenvalue weighted by Crippen LogP contribution is -2.44. The Morgan fingerprint density at radius 1 is 1.30 bits per heavy atom. The number of carbonyl (C=O) groups is 1. The van der Waals surface area contributed by atoms with Crippen molar-refractivity contribution in [1.29, 1.82) is 0 Å². The first kappa shape index (κ1) is 18.5. The van der Waals surface area contributed by atoms with Gasteiger partial charge < -0.3 is 15.0 Å². The highest BCUT2D eigenvalue weighted by Gasteiger charge is 2.27. The molecule has 2 aliphatic heterocycles. The highest BCUT2D eigenvalue weighted by Crippen LogP contribution is 2.31. The number of piperidine rings is 1. The Morgan fingerprint density at radius 2 is 2.11 bits per heavy atom. The van der Waals surface area contributed by atoms with Crippen LogP contribution in [0.25, 0.3) is 11.3 Å². The van der Waals surface area contributed by atoms with Gasteiger partial charge >= 0.3 is 0 Å². The van der Waals surface area contributed by atoms with Gasteiger partial charge in [-0.15, -0.1) is 0 Å². The quantitative estimate of drug-likeness (QED) is 0.844. The van der Waals surface area contributed by atoms with Crippen LogP contribution >= 0.6 is 11.6 Å². The Labute approximate surface area is 164 Å². The first-order valence-corrected chi connectivity index (χ1v) is 9.99. The second kappa shape index (κ2) is 8.42. The Balaban J connectivity index is 1.33. The predicted molar refractivity (Wildman–Crippen MR) is 105 cm³/mol. The van der Waals surface area contributed by atoms with Gasteiger partial charge in [0.05, 0.1) is 29.8 Å². The Morgan fingerprint density at radius 3 is 2.85 bits per heavy atom. The van der Waals surface area contributed by atoms with Crippen molar-refractivity contribution in [2.24, 2.45) is 0 Å². The van der Waals surface area contributed by atoms with Crippen molar-refractivity contribution in [2.75, 3.05) is 32.8 Å². The van der Waals surface area contributed by atoms with E-state index in [1.54, 1.807) is 0 Å². The highest BCUT2D eigenvalue weighted by atomic mass is 35.5. The van der Waals surface area contributed by atoms with Crippen LogP contribution in [0.2, 0.25) is 5.02 Å². The molecule has 0 saturated carbocycles. The van der Waals surface area contributed by atoms with Crippen molar-refractivity contribution in [3.05, 3.63) is 41.0 Å². The van der Waals surface area contributed by atoms with Crippen molar-refractivity contribution in [1.82, 2.24) is 20.4 Å². The molecule has 1 atom stereocenters. The molecular formula is C20H25ClN4O2. The molecule has 2 aliphatic rings. The molecule has 2 saturated heterocycles. The number of ether oxygens (including phenoxy) is 1. The van der Waals surface area contributed by atoms with Crippen molar-refractivity contribution in [3.63, 3.8) is 0 Å². The molecule has 0 unspecified atom stereocenters. The summed E-state index contributed by atoms with van der Waals surface area (Å²) in [5.74, 6) is 0.592. The fourth-order valence-corrected chi connectivity index (χ4v) is 4.10. The van der Waals surface area contributed by atoms with Gasteiger partial charge in [-0.05, 0) is 25.0 Å². The number of hydrogen-bond donors (Lipinski definition) is 2. The van der Waals surface area contributed by atoms with E-state index in [0.29, 0.717) is 24.0 Å². The zero-order chi connectivity index (χ0) is 18.6. The highest BCUT2D eigenvalue weighted by molar-refractivity contribution is 6.33. The van der Waals surface area contributed by atoms with Crippen LogP contribution in [0.5, 0.6) is 0 Å². The van der Waals surface area contributed by atoms with Gasteiger partial charge in [0.2, 0.25) is 5.91 Å². The molecule has 1 aromatic heterocycles. The van der Waals surface area contributed by atoms with Crippen molar-refractivity contribution < 1.29 is 9.53 Å². The zero-order valence-corrected chi connectivity index (χ0v) is 16.0. The molecule has 6 nitrogen and oxygen atoms in total. The lowest BCUT2D eigenvalue weighted by molar-refractivity contribution is -0.135. The number of nitrogens with zero attached hydrogens (tertiary/aromatic N) is 2. The van der Waals surface area contributed by atoms with Crippen LogP contribution in [-0.2, 0) is 9.53 Å². The number of rotatable bonds is 4. The molecule has 7 heteroatoms. The summed E-state index contributed by atoms with van der Waals surface area (Å²) in [7, 11) is 0. The van der Waals surface area contributed by atoms with Gasteiger partial charge in [-0.25, -0.2) is 0 Å². The van der Waals surface area contributed by atoms with E-state index >= 15 is 0 Å². The summed E-state index contributed by atoms with van der Waals surface area (Å²) in [4.78, 5) is 14.5. The molecular weight excluding hydrogens is 364 g/mol. The molecule has 2 N–H and O–H groups in total. The predicted octanol–water partition coefficient (Wildman–Crippen LogP) is 2.81. The zero-order valence-electron chi connectivity index (χ0n) is 15.3. The molecule has 1 aromatic carbocycles. The maximum Gasteiger partial charge on any atom is 0.225 e. The lowest BCUT2D eigenvalue weighted by Gasteiger charge is -2.33. The van der Waals surface area contributed by atoms with E-state index in [1.807, 2.05) is 29.2 Å². The average Bonchev–Trinajstić information content (AvgIpc) is 3.19. The Bertz CT molecular complexity index is 780. The topological polar surface area (TPSA) is 70.2 Å². The molecule has 0 aliphatic carbocycles. The van der Waals surface area contributed by atoms with Gasteiger partial charge in [0.15, 0.2) is 0 Å². The smallest absolute Gasteiger partial charge is 0.225 e. The average molecular weight is 389 g/mol. The van der Waals surface area contributed by atoms with E-state index in [4.69, 9.17) is 16.3 Å². The van der Waals surface area contributed by atoms with Crippen molar-refractivity contribution in [2.45, 2.75) is 31.3 Å². The fourth-order valence-electron chi connectivity index (χ4n) is 3.87. The number of benzene rings is 1. The number of aromatic nitrogens is 2. The molecule has 144 valence electrons. The molecule has 0 spiro atoms. The summed E-state index contributed by atoms with van der Waals surface area (Å²) in [5.41, 5.74) is 2.93. The van der Waals surface area contributed by atoms with Gasteiger partial charge in [-0.2, -0.15) is 5.10 Å². The second-order valence-electron chi connectivity index (χ2n) is 7.24. The Hall–Kier alpha value is -1.89. The van der Waals surface area contributed by atoms with Crippen LogP contribution < -0.4 is 5.32 Å². The van der Waals surface area contributed by atoms with E-state index in [0.717, 1.165) is 56.0 Å². The summed E-state index contributed by atoms with van der Waals surface area (Å²) >= 11 is 6.28. The molecule has 27 heavy (non-hydrogen) atoms. The normalized spacial score (nSPS) is 21.4. The third-order valence-corrected chi connectivity index (χ3v) is 5.77. The van der Waals surface area contributed by atoms with Crippen molar-refractivity contribution in [3.8, 4) is 11.3 Å². The lowest BCUT2D eigenvalue weighted by atomic mass is 9.93. The number of H-pyrrole nitrogens is 1. The van der Waals surface area contributed by atoms with Gasteiger partial charge in [0, 0.05) is 43.4 Å². The summed E-state index contributed by atoms with van der Waals surface area (Å²) in [6.45, 7) is 3.89. The summed E-state index contributed by atoms with van der Waals surface area (Å²) in [5, 5.41) is 11.6. The molecule has 1 amide bonds. The van der Waals surface area contributed by atoms with E-state index < -0.39 is 0 Å². The van der Waals surface area contributed by atoms with Gasteiger partial charge in [0.25, 0.3) is 0 Å². The van der Waals surface area contributed by atoms with Crippen molar-refractivity contribution >= 4 is 17.5 Å². The number of amides is 1. The third-order valence-electron chi connectivity index (χ3n) is 5.44. The van der Waals surface area contributed by atoms with E-state index in [-0.39, 0.29) is 12.0 Å². The number of aromatic amines is 1. The number of likely N-dealkylation sites (tertiary alicyclic amines) is 1. The van der Waals surface area contributed by atoms with Crippen LogP contribution in [0.3, 0.4) is 0 Å². The number of morpholine rings is 1. The standard InChI is InChI=1S/C20H25ClN4O2/c21-17-4-2-1-3-16(17)19-12-18(23-24-19)14-5-8-25(9-6-14)20(26)11-15-13-22-7-10-27-15/h1-4,12,14-15,22H,5-11,13H2,(H,23,24)/t15-/m0/s1. The van der Waals surface area contributed by atoms with Gasteiger partial charge in [-0.1, -0.05) is 29.8 Å².